The largest absolute Gasteiger partial charge is 0.402 e. The van der Waals surface area contributed by atoms with Crippen LogP contribution in [0.1, 0.15) is 0 Å². The molecule has 0 atom stereocenters. The van der Waals surface area contributed by atoms with Gasteiger partial charge < -0.3 is 9.62 Å². The maximum absolute atomic E-state index is 4.50. The van der Waals surface area contributed by atoms with Crippen LogP contribution in [0.3, 0.4) is 0 Å². The number of aromatic nitrogens is 4. The van der Waals surface area contributed by atoms with Gasteiger partial charge in [0, 0.05) is 69.4 Å². The summed E-state index contributed by atoms with van der Waals surface area (Å²) in [5.74, 6) is 1.63. The molecule has 5 heterocycles. The summed E-state index contributed by atoms with van der Waals surface area (Å²) in [4.78, 5) is 21.8. The molecule has 4 aromatic rings. The zero-order chi connectivity index (χ0) is 19.5. The first-order valence-corrected chi connectivity index (χ1v) is 9.22. The summed E-state index contributed by atoms with van der Waals surface area (Å²) < 4.78 is 0. The van der Waals surface area contributed by atoms with Crippen LogP contribution in [0.25, 0.3) is 22.5 Å². The van der Waals surface area contributed by atoms with E-state index in [0.717, 1.165) is 34.2 Å². The zero-order valence-electron chi connectivity index (χ0n) is 15.8. The molecule has 4 aromatic heterocycles. The summed E-state index contributed by atoms with van der Waals surface area (Å²) in [6, 6.07) is 19.7. The van der Waals surface area contributed by atoms with Crippen molar-refractivity contribution in [2.45, 2.75) is 0 Å². The van der Waals surface area contributed by atoms with Gasteiger partial charge in [-0.3, -0.25) is 9.97 Å². The Morgan fingerprint density at radius 3 is 1.50 bits per heavy atom. The van der Waals surface area contributed by atoms with E-state index in [1.165, 1.54) is 0 Å². The molecule has 0 saturated carbocycles. The fourth-order valence-electron chi connectivity index (χ4n) is 3.13. The summed E-state index contributed by atoms with van der Waals surface area (Å²) >= 11 is 0. The van der Waals surface area contributed by atoms with Crippen LogP contribution in [0.2, 0.25) is 0 Å². The van der Waals surface area contributed by atoms with Gasteiger partial charge in [-0.15, -0.1) is 0 Å². The second-order valence-corrected chi connectivity index (χ2v) is 6.46. The molecule has 1 aliphatic rings. The van der Waals surface area contributed by atoms with Crippen molar-refractivity contribution in [2.75, 3.05) is 9.62 Å². The van der Waals surface area contributed by atoms with E-state index in [9.17, 15) is 0 Å². The molecule has 1 radical (unpaired) electrons. The molecule has 5 rings (SSSR count). The molecular weight excluding hydrogens is 554 g/mol. The number of anilines is 2. The van der Waals surface area contributed by atoms with E-state index >= 15 is 0 Å². The van der Waals surface area contributed by atoms with Crippen molar-refractivity contribution in [3.63, 3.8) is 0 Å². The predicted molar refractivity (Wildman–Crippen MR) is 115 cm³/mol. The molecule has 0 fully saturated rings. The minimum atomic E-state index is 0. The van der Waals surface area contributed by atoms with Crippen LogP contribution in [0, 0.1) is 0 Å². The Balaban J connectivity index is 0.00000218. The maximum atomic E-state index is 4.50. The number of pyridine rings is 4. The van der Waals surface area contributed by atoms with Gasteiger partial charge in [0.05, 0.1) is 11.4 Å². The molecule has 0 N–H and O–H groups in total. The fraction of sp³-hybridized carbons (Fsp3) is 0. The van der Waals surface area contributed by atoms with Crippen LogP contribution < -0.4 is 9.62 Å². The van der Waals surface area contributed by atoms with Gasteiger partial charge in [0.2, 0.25) is 0 Å². The topological polar surface area (TPSA) is 58.0 Å². The smallest absolute Gasteiger partial charge is 0.358 e. The molecule has 0 aromatic carbocycles. The molecule has 0 spiro atoms. The van der Waals surface area contributed by atoms with E-state index in [0.29, 0.717) is 0 Å². The van der Waals surface area contributed by atoms with Gasteiger partial charge in [-0.1, -0.05) is 12.1 Å². The standard InChI is InChI=1S/C22H16BN6.Pt/c1-3-9-24-19(5-1)17-7-11-26-21(15-17)28-13-14-29(23-28)22-16-18(8-12-27-22)20-6-2-4-10-25-20;/h1-16H;. The third kappa shape index (κ3) is 4.16. The fourth-order valence-corrected chi connectivity index (χ4v) is 3.13. The van der Waals surface area contributed by atoms with E-state index < -0.39 is 0 Å². The van der Waals surface area contributed by atoms with Crippen LogP contribution in [0.5, 0.6) is 0 Å². The summed E-state index contributed by atoms with van der Waals surface area (Å²) in [6.45, 7) is 0. The molecule has 30 heavy (non-hydrogen) atoms. The molecule has 0 saturated heterocycles. The van der Waals surface area contributed by atoms with E-state index in [1.54, 1.807) is 24.8 Å². The SMILES string of the molecule is [B]1N(c2cc(-c3ccccn3)ccn2)C=CN1c1cc(-c2ccccn2)ccn1.[Pt]. The summed E-state index contributed by atoms with van der Waals surface area (Å²) in [5.41, 5.74) is 3.87. The first kappa shape index (κ1) is 20.0. The number of hydrogen-bond acceptors (Lipinski definition) is 6. The van der Waals surface area contributed by atoms with Crippen LogP contribution in [0.15, 0.2) is 97.9 Å². The van der Waals surface area contributed by atoms with Gasteiger partial charge in [-0.05, 0) is 48.5 Å². The summed E-state index contributed by atoms with van der Waals surface area (Å²) in [7, 11) is 1.95. The number of hydrogen-bond donors (Lipinski definition) is 0. The Morgan fingerprint density at radius 1 is 0.567 bits per heavy atom. The Morgan fingerprint density at radius 2 is 1.07 bits per heavy atom. The van der Waals surface area contributed by atoms with Crippen molar-refractivity contribution < 1.29 is 21.1 Å². The van der Waals surface area contributed by atoms with Crippen molar-refractivity contribution in [3.05, 3.63) is 97.9 Å². The second-order valence-electron chi connectivity index (χ2n) is 6.46. The first-order chi connectivity index (χ1) is 14.4. The van der Waals surface area contributed by atoms with Crippen molar-refractivity contribution >= 4 is 19.2 Å². The van der Waals surface area contributed by atoms with Crippen molar-refractivity contribution in [3.8, 4) is 22.5 Å². The van der Waals surface area contributed by atoms with Crippen LogP contribution in [-0.4, -0.2) is 27.5 Å². The molecule has 1 aliphatic heterocycles. The molecule has 8 heteroatoms. The first-order valence-electron chi connectivity index (χ1n) is 9.22. The summed E-state index contributed by atoms with van der Waals surface area (Å²) in [5, 5.41) is 0. The Bertz CT molecular complexity index is 1070. The van der Waals surface area contributed by atoms with Crippen LogP contribution in [0.4, 0.5) is 11.6 Å². The summed E-state index contributed by atoms with van der Waals surface area (Å²) in [6.07, 6.45) is 11.1. The normalized spacial score (nSPS) is 12.4. The van der Waals surface area contributed by atoms with E-state index in [2.05, 4.69) is 19.9 Å². The molecule has 0 aliphatic carbocycles. The third-order valence-corrected chi connectivity index (χ3v) is 4.58. The van der Waals surface area contributed by atoms with Gasteiger partial charge in [0.25, 0.3) is 0 Å². The number of nitrogens with zero attached hydrogens (tertiary/aromatic N) is 6. The van der Waals surface area contributed by atoms with Crippen molar-refractivity contribution in [1.82, 2.24) is 19.9 Å². The third-order valence-electron chi connectivity index (χ3n) is 4.58. The van der Waals surface area contributed by atoms with E-state index in [-0.39, 0.29) is 21.1 Å². The number of rotatable bonds is 4. The van der Waals surface area contributed by atoms with Gasteiger partial charge >= 0.3 is 7.55 Å². The van der Waals surface area contributed by atoms with E-state index in [4.69, 9.17) is 0 Å². The van der Waals surface area contributed by atoms with Crippen LogP contribution in [-0.2, 0) is 21.1 Å². The average molecular weight is 570 g/mol. The second kappa shape index (κ2) is 9.01. The minimum absolute atomic E-state index is 0. The predicted octanol–water partition coefficient (Wildman–Crippen LogP) is 3.93. The molecule has 0 unspecified atom stereocenters. The quantitative estimate of drug-likeness (QED) is 0.347. The average Bonchev–Trinajstić information content (AvgIpc) is 3.31. The van der Waals surface area contributed by atoms with Gasteiger partial charge in [-0.2, -0.15) is 0 Å². The van der Waals surface area contributed by atoms with Gasteiger partial charge in [0.15, 0.2) is 0 Å². The molecule has 6 nitrogen and oxygen atoms in total. The maximum Gasteiger partial charge on any atom is 0.402 e. The molecule has 0 amide bonds. The molecule has 0 bridgehead atoms. The zero-order valence-corrected chi connectivity index (χ0v) is 18.1. The van der Waals surface area contributed by atoms with Gasteiger partial charge in [-0.25, -0.2) is 9.97 Å². The van der Waals surface area contributed by atoms with Crippen molar-refractivity contribution in [2.24, 2.45) is 0 Å². The Kier molecular flexibility index (Phi) is 6.00. The van der Waals surface area contributed by atoms with E-state index in [1.807, 2.05) is 90.2 Å². The Hall–Kier alpha value is -3.31. The van der Waals surface area contributed by atoms with Gasteiger partial charge in [0.1, 0.15) is 11.6 Å². The Labute approximate surface area is 189 Å². The molecular formula is C22H16BN6Pt. The minimum Gasteiger partial charge on any atom is -0.358 e. The van der Waals surface area contributed by atoms with Crippen molar-refractivity contribution in [1.29, 1.82) is 0 Å². The van der Waals surface area contributed by atoms with Crippen LogP contribution >= 0.6 is 0 Å². The monoisotopic (exact) mass is 570 g/mol. The molecule has 147 valence electrons.